The number of ketones is 1. The molecule has 0 radical (unpaired) electrons. The zero-order valence-corrected chi connectivity index (χ0v) is 9.26. The Hall–Kier alpha value is -0.370. The number of aliphatic hydroxyl groups is 1. The lowest BCUT2D eigenvalue weighted by Gasteiger charge is -2.18. The second-order valence-corrected chi connectivity index (χ2v) is 4.83. The summed E-state index contributed by atoms with van der Waals surface area (Å²) in [7, 11) is 0. The molecule has 1 atom stereocenters. The zero-order valence-electron chi connectivity index (χ0n) is 9.26. The third-order valence-electron chi connectivity index (χ3n) is 2.06. The van der Waals surface area contributed by atoms with Crippen molar-refractivity contribution in [3.8, 4) is 0 Å². The van der Waals surface area contributed by atoms with Gasteiger partial charge in [0.15, 0.2) is 5.78 Å². The normalized spacial score (nSPS) is 14.2. The van der Waals surface area contributed by atoms with Gasteiger partial charge in [-0.3, -0.25) is 4.79 Å². The smallest absolute Gasteiger partial charge is 0.161 e. The van der Waals surface area contributed by atoms with Gasteiger partial charge >= 0.3 is 0 Å². The van der Waals surface area contributed by atoms with Crippen molar-refractivity contribution in [2.45, 2.75) is 59.5 Å². The molecule has 0 amide bonds. The SMILES string of the molecule is CCCC(O)C(=O)CCC(C)(C)C. The van der Waals surface area contributed by atoms with Crippen molar-refractivity contribution >= 4 is 5.78 Å². The van der Waals surface area contributed by atoms with Gasteiger partial charge in [0.25, 0.3) is 0 Å². The molecule has 1 N–H and O–H groups in total. The summed E-state index contributed by atoms with van der Waals surface area (Å²) in [6, 6.07) is 0. The first-order valence-corrected chi connectivity index (χ1v) is 5.07. The molecule has 0 spiro atoms. The van der Waals surface area contributed by atoms with E-state index in [1.165, 1.54) is 0 Å². The maximum absolute atomic E-state index is 11.3. The average molecular weight is 186 g/mol. The van der Waals surface area contributed by atoms with Gasteiger partial charge in [-0.2, -0.15) is 0 Å². The molecule has 0 aliphatic carbocycles. The molecule has 0 fully saturated rings. The summed E-state index contributed by atoms with van der Waals surface area (Å²) >= 11 is 0. The van der Waals surface area contributed by atoms with Crippen molar-refractivity contribution in [3.05, 3.63) is 0 Å². The second-order valence-electron chi connectivity index (χ2n) is 4.83. The Kier molecular flexibility index (Phi) is 5.23. The number of Topliss-reactive ketones (excluding diaryl/α,β-unsaturated/α-hetero) is 1. The highest BCUT2D eigenvalue weighted by Gasteiger charge is 2.17. The summed E-state index contributed by atoms with van der Waals surface area (Å²) in [5.41, 5.74) is 0.182. The van der Waals surface area contributed by atoms with E-state index < -0.39 is 6.10 Å². The van der Waals surface area contributed by atoms with Crippen molar-refractivity contribution in [2.75, 3.05) is 0 Å². The molecule has 0 saturated heterocycles. The molecule has 78 valence electrons. The van der Waals surface area contributed by atoms with Gasteiger partial charge in [-0.05, 0) is 18.3 Å². The first-order valence-electron chi connectivity index (χ1n) is 5.07. The highest BCUT2D eigenvalue weighted by Crippen LogP contribution is 2.21. The summed E-state index contributed by atoms with van der Waals surface area (Å²) in [6.07, 6.45) is 2.09. The van der Waals surface area contributed by atoms with Crippen molar-refractivity contribution in [3.63, 3.8) is 0 Å². The molecule has 2 heteroatoms. The van der Waals surface area contributed by atoms with Gasteiger partial charge in [0, 0.05) is 6.42 Å². The minimum Gasteiger partial charge on any atom is -0.385 e. The van der Waals surface area contributed by atoms with Gasteiger partial charge in [0.05, 0.1) is 0 Å². The Morgan fingerprint density at radius 2 is 1.92 bits per heavy atom. The Labute approximate surface area is 81.3 Å². The molecule has 0 saturated carbocycles. The number of hydrogen-bond acceptors (Lipinski definition) is 2. The second kappa shape index (κ2) is 5.38. The first kappa shape index (κ1) is 12.6. The number of hydrogen-bond donors (Lipinski definition) is 1. The summed E-state index contributed by atoms with van der Waals surface area (Å²) in [5.74, 6) is -0.00299. The predicted molar refractivity (Wildman–Crippen MR) is 54.6 cm³/mol. The van der Waals surface area contributed by atoms with Crippen molar-refractivity contribution in [2.24, 2.45) is 5.41 Å². The van der Waals surface area contributed by atoms with E-state index in [0.29, 0.717) is 12.8 Å². The van der Waals surface area contributed by atoms with Gasteiger partial charge in [0.2, 0.25) is 0 Å². The Morgan fingerprint density at radius 1 is 1.38 bits per heavy atom. The molecule has 0 bridgehead atoms. The molecular weight excluding hydrogens is 164 g/mol. The van der Waals surface area contributed by atoms with Crippen LogP contribution < -0.4 is 0 Å². The van der Waals surface area contributed by atoms with Crippen molar-refractivity contribution < 1.29 is 9.90 Å². The lowest BCUT2D eigenvalue weighted by molar-refractivity contribution is -0.127. The van der Waals surface area contributed by atoms with Gasteiger partial charge < -0.3 is 5.11 Å². The van der Waals surface area contributed by atoms with Crippen LogP contribution in [0.5, 0.6) is 0 Å². The van der Waals surface area contributed by atoms with Crippen LogP contribution in [-0.2, 0) is 4.79 Å². The molecular formula is C11H22O2. The zero-order chi connectivity index (χ0) is 10.5. The monoisotopic (exact) mass is 186 g/mol. The summed E-state index contributed by atoms with van der Waals surface area (Å²) < 4.78 is 0. The van der Waals surface area contributed by atoms with Gasteiger partial charge in [-0.15, -0.1) is 0 Å². The molecule has 2 nitrogen and oxygen atoms in total. The molecule has 13 heavy (non-hydrogen) atoms. The van der Waals surface area contributed by atoms with Crippen LogP contribution in [0, 0.1) is 5.41 Å². The molecule has 0 heterocycles. The number of rotatable bonds is 5. The summed E-state index contributed by atoms with van der Waals surface area (Å²) in [6.45, 7) is 8.28. The summed E-state index contributed by atoms with van der Waals surface area (Å²) in [5, 5.41) is 9.36. The largest absolute Gasteiger partial charge is 0.385 e. The van der Waals surface area contributed by atoms with Crippen LogP contribution in [0.25, 0.3) is 0 Å². The highest BCUT2D eigenvalue weighted by atomic mass is 16.3. The number of carbonyl (C=O) groups is 1. The van der Waals surface area contributed by atoms with Gasteiger partial charge in [-0.1, -0.05) is 34.1 Å². The molecule has 0 aromatic heterocycles. The molecule has 0 aliphatic heterocycles. The van der Waals surface area contributed by atoms with Crippen LogP contribution >= 0.6 is 0 Å². The minimum absolute atomic E-state index is 0.00299. The first-order chi connectivity index (χ1) is 5.87. The van der Waals surface area contributed by atoms with E-state index in [9.17, 15) is 9.90 Å². The number of carbonyl (C=O) groups excluding carboxylic acids is 1. The lowest BCUT2D eigenvalue weighted by Crippen LogP contribution is -2.21. The Bertz CT molecular complexity index is 156. The standard InChI is InChI=1S/C11H22O2/c1-5-6-9(12)10(13)7-8-11(2,3)4/h9,12H,5-8H2,1-4H3. The molecule has 1 unspecified atom stereocenters. The fourth-order valence-electron chi connectivity index (χ4n) is 1.10. The third-order valence-corrected chi connectivity index (χ3v) is 2.06. The van der Waals surface area contributed by atoms with E-state index in [1.807, 2.05) is 6.92 Å². The minimum atomic E-state index is -0.729. The lowest BCUT2D eigenvalue weighted by atomic mass is 9.88. The molecule has 0 aliphatic rings. The van der Waals surface area contributed by atoms with Crippen molar-refractivity contribution in [1.82, 2.24) is 0 Å². The highest BCUT2D eigenvalue weighted by molar-refractivity contribution is 5.82. The van der Waals surface area contributed by atoms with E-state index in [-0.39, 0.29) is 11.2 Å². The quantitative estimate of drug-likeness (QED) is 0.716. The van der Waals surface area contributed by atoms with Crippen LogP contribution in [0.3, 0.4) is 0 Å². The van der Waals surface area contributed by atoms with Crippen molar-refractivity contribution in [1.29, 1.82) is 0 Å². The Morgan fingerprint density at radius 3 is 2.31 bits per heavy atom. The van der Waals surface area contributed by atoms with E-state index >= 15 is 0 Å². The molecule has 0 aromatic rings. The van der Waals surface area contributed by atoms with Crippen LogP contribution in [0.4, 0.5) is 0 Å². The molecule has 0 aromatic carbocycles. The van der Waals surface area contributed by atoms with Crippen LogP contribution in [0.1, 0.15) is 53.4 Å². The Balaban J connectivity index is 3.74. The fraction of sp³-hybridized carbons (Fsp3) is 0.909. The molecule has 0 rings (SSSR count). The van der Waals surface area contributed by atoms with E-state index in [1.54, 1.807) is 0 Å². The van der Waals surface area contributed by atoms with E-state index in [0.717, 1.165) is 12.8 Å². The van der Waals surface area contributed by atoms with Gasteiger partial charge in [-0.25, -0.2) is 0 Å². The van der Waals surface area contributed by atoms with E-state index in [2.05, 4.69) is 20.8 Å². The van der Waals surface area contributed by atoms with Crippen LogP contribution in [0.15, 0.2) is 0 Å². The maximum atomic E-state index is 11.3. The topological polar surface area (TPSA) is 37.3 Å². The number of aliphatic hydroxyl groups excluding tert-OH is 1. The predicted octanol–water partition coefficient (Wildman–Crippen LogP) is 2.54. The average Bonchev–Trinajstić information content (AvgIpc) is 1.99. The third kappa shape index (κ3) is 6.76. The summed E-state index contributed by atoms with van der Waals surface area (Å²) in [4.78, 5) is 11.3. The van der Waals surface area contributed by atoms with Crippen LogP contribution in [0.2, 0.25) is 0 Å². The van der Waals surface area contributed by atoms with Crippen LogP contribution in [-0.4, -0.2) is 17.0 Å². The fourth-order valence-corrected chi connectivity index (χ4v) is 1.10. The van der Waals surface area contributed by atoms with E-state index in [4.69, 9.17) is 0 Å². The maximum Gasteiger partial charge on any atom is 0.161 e. The van der Waals surface area contributed by atoms with Gasteiger partial charge in [0.1, 0.15) is 6.10 Å².